The second-order valence-electron chi connectivity index (χ2n) is 4.88. The van der Waals surface area contributed by atoms with Crippen molar-refractivity contribution in [1.29, 1.82) is 0 Å². The van der Waals surface area contributed by atoms with Gasteiger partial charge < -0.3 is 0 Å². The minimum atomic E-state index is 0.211. The molecule has 96 valence electrons. The Morgan fingerprint density at radius 2 is 2.21 bits per heavy atom. The lowest BCUT2D eigenvalue weighted by Gasteiger charge is -2.25. The van der Waals surface area contributed by atoms with Gasteiger partial charge in [0.2, 0.25) is 0 Å². The summed E-state index contributed by atoms with van der Waals surface area (Å²) in [5.41, 5.74) is 4.12. The van der Waals surface area contributed by atoms with Crippen LogP contribution in [-0.4, -0.2) is 11.3 Å². The molecule has 1 heterocycles. The van der Waals surface area contributed by atoms with Gasteiger partial charge in [-0.2, -0.15) is 0 Å². The highest BCUT2D eigenvalue weighted by Crippen LogP contribution is 2.36. The zero-order valence-electron chi connectivity index (χ0n) is 10.5. The van der Waals surface area contributed by atoms with E-state index in [0.29, 0.717) is 10.6 Å². The fourth-order valence-electron chi connectivity index (χ4n) is 2.88. The third kappa shape index (κ3) is 2.28. The Morgan fingerprint density at radius 3 is 3.05 bits per heavy atom. The number of carbonyl (C=O) groups excluding carboxylic acids is 1. The van der Waals surface area contributed by atoms with Crippen molar-refractivity contribution >= 4 is 17.9 Å². The van der Waals surface area contributed by atoms with Gasteiger partial charge in [-0.1, -0.05) is 23.7 Å². The molecule has 0 saturated carbocycles. The minimum absolute atomic E-state index is 0.211. The van der Waals surface area contributed by atoms with E-state index in [-0.39, 0.29) is 5.92 Å². The van der Waals surface area contributed by atoms with Crippen molar-refractivity contribution < 1.29 is 4.79 Å². The maximum atomic E-state index is 11.3. The number of aldehydes is 1. The summed E-state index contributed by atoms with van der Waals surface area (Å²) in [7, 11) is 0. The molecule has 0 N–H and O–H groups in total. The average molecular weight is 272 g/mol. The fraction of sp³-hybridized carbons (Fsp3) is 0.250. The number of hydrogen-bond acceptors (Lipinski definition) is 2. The van der Waals surface area contributed by atoms with Crippen LogP contribution in [0.3, 0.4) is 0 Å². The quantitative estimate of drug-likeness (QED) is 0.773. The first-order chi connectivity index (χ1) is 9.29. The molecular weight excluding hydrogens is 258 g/mol. The van der Waals surface area contributed by atoms with Gasteiger partial charge in [-0.3, -0.25) is 9.78 Å². The number of nitrogens with zero attached hydrogens (tertiary/aromatic N) is 1. The zero-order valence-corrected chi connectivity index (χ0v) is 11.2. The molecule has 1 aliphatic carbocycles. The van der Waals surface area contributed by atoms with E-state index in [1.54, 1.807) is 6.07 Å². The number of halogens is 1. The molecule has 19 heavy (non-hydrogen) atoms. The Kier molecular flexibility index (Phi) is 3.34. The average Bonchev–Trinajstić information content (AvgIpc) is 2.46. The Bertz CT molecular complexity index is 624. The Hall–Kier alpha value is -1.67. The molecule has 0 aliphatic heterocycles. The largest absolute Gasteiger partial charge is 0.298 e. The summed E-state index contributed by atoms with van der Waals surface area (Å²) in [4.78, 5) is 15.8. The number of aryl methyl sites for hydroxylation is 1. The Morgan fingerprint density at radius 1 is 1.32 bits per heavy atom. The number of benzene rings is 1. The molecule has 1 unspecified atom stereocenters. The number of aromatic nitrogens is 1. The van der Waals surface area contributed by atoms with Gasteiger partial charge in [-0.15, -0.1) is 0 Å². The summed E-state index contributed by atoms with van der Waals surface area (Å²) >= 11 is 5.96. The lowest BCUT2D eigenvalue weighted by atomic mass is 9.80. The van der Waals surface area contributed by atoms with Crippen molar-refractivity contribution in [2.45, 2.75) is 25.2 Å². The standard InChI is InChI=1S/C16H14ClNO/c17-13-6-7-14(12(9-13)10-19)15-5-1-3-11-4-2-8-18-16(11)15/h2,4,6-10,15H,1,3,5H2. The smallest absolute Gasteiger partial charge is 0.150 e. The maximum absolute atomic E-state index is 11.3. The van der Waals surface area contributed by atoms with Gasteiger partial charge in [-0.25, -0.2) is 0 Å². The molecule has 0 fully saturated rings. The van der Waals surface area contributed by atoms with Gasteiger partial charge in [0.1, 0.15) is 6.29 Å². The molecule has 3 rings (SSSR count). The number of carbonyl (C=O) groups is 1. The van der Waals surface area contributed by atoms with Crippen LogP contribution >= 0.6 is 11.6 Å². The van der Waals surface area contributed by atoms with Crippen LogP contribution in [0.2, 0.25) is 5.02 Å². The van der Waals surface area contributed by atoms with Crippen molar-refractivity contribution in [3.05, 3.63) is 63.9 Å². The summed E-state index contributed by atoms with van der Waals surface area (Å²) in [6.07, 6.45) is 5.95. The molecule has 0 amide bonds. The first-order valence-electron chi connectivity index (χ1n) is 6.48. The SMILES string of the molecule is O=Cc1cc(Cl)ccc1C1CCCc2cccnc21. The molecule has 0 radical (unpaired) electrons. The van der Waals surface area contributed by atoms with Gasteiger partial charge in [0.15, 0.2) is 0 Å². The maximum Gasteiger partial charge on any atom is 0.150 e. The summed E-state index contributed by atoms with van der Waals surface area (Å²) in [6, 6.07) is 9.65. The minimum Gasteiger partial charge on any atom is -0.298 e. The molecule has 1 aliphatic rings. The third-order valence-electron chi connectivity index (χ3n) is 3.75. The van der Waals surface area contributed by atoms with Crippen LogP contribution in [0.5, 0.6) is 0 Å². The Balaban J connectivity index is 2.11. The highest BCUT2D eigenvalue weighted by molar-refractivity contribution is 6.30. The first kappa shape index (κ1) is 12.4. The van der Waals surface area contributed by atoms with E-state index in [2.05, 4.69) is 11.1 Å². The number of rotatable bonds is 2. The highest BCUT2D eigenvalue weighted by Gasteiger charge is 2.24. The zero-order chi connectivity index (χ0) is 13.2. The van der Waals surface area contributed by atoms with Gasteiger partial charge in [0.25, 0.3) is 0 Å². The first-order valence-corrected chi connectivity index (χ1v) is 6.86. The van der Waals surface area contributed by atoms with Gasteiger partial charge in [-0.05, 0) is 48.6 Å². The highest BCUT2D eigenvalue weighted by atomic mass is 35.5. The summed E-state index contributed by atoms with van der Waals surface area (Å²) in [6.45, 7) is 0. The van der Waals surface area contributed by atoms with Crippen molar-refractivity contribution in [1.82, 2.24) is 4.98 Å². The van der Waals surface area contributed by atoms with Crippen LogP contribution < -0.4 is 0 Å². The van der Waals surface area contributed by atoms with Crippen molar-refractivity contribution in [3.63, 3.8) is 0 Å². The molecule has 2 aromatic rings. The van der Waals surface area contributed by atoms with Crippen LogP contribution in [0.4, 0.5) is 0 Å². The predicted octanol–water partition coefficient (Wildman–Crippen LogP) is 4.02. The van der Waals surface area contributed by atoms with Crippen LogP contribution in [0.25, 0.3) is 0 Å². The van der Waals surface area contributed by atoms with Crippen LogP contribution in [0.1, 0.15) is 45.9 Å². The molecule has 0 bridgehead atoms. The van der Waals surface area contributed by atoms with Crippen LogP contribution in [0.15, 0.2) is 36.5 Å². The van der Waals surface area contributed by atoms with Gasteiger partial charge in [0, 0.05) is 22.7 Å². The van der Waals surface area contributed by atoms with Crippen molar-refractivity contribution in [2.24, 2.45) is 0 Å². The van der Waals surface area contributed by atoms with E-state index < -0.39 is 0 Å². The van der Waals surface area contributed by atoms with Crippen LogP contribution in [0, 0.1) is 0 Å². The van der Waals surface area contributed by atoms with E-state index in [0.717, 1.165) is 36.8 Å². The van der Waals surface area contributed by atoms with E-state index in [1.807, 2.05) is 24.4 Å². The molecule has 1 aromatic heterocycles. The molecule has 1 atom stereocenters. The number of pyridine rings is 1. The van der Waals surface area contributed by atoms with E-state index in [4.69, 9.17) is 11.6 Å². The number of hydrogen-bond donors (Lipinski definition) is 0. The van der Waals surface area contributed by atoms with Crippen molar-refractivity contribution in [3.8, 4) is 0 Å². The molecule has 3 heteroatoms. The monoisotopic (exact) mass is 271 g/mol. The molecule has 0 saturated heterocycles. The number of fused-ring (bicyclic) bond motifs is 1. The Labute approximate surface area is 117 Å². The summed E-state index contributed by atoms with van der Waals surface area (Å²) in [5, 5.41) is 0.600. The van der Waals surface area contributed by atoms with Crippen molar-refractivity contribution in [2.75, 3.05) is 0 Å². The van der Waals surface area contributed by atoms with E-state index in [1.165, 1.54) is 5.56 Å². The fourth-order valence-corrected chi connectivity index (χ4v) is 3.06. The summed E-state index contributed by atoms with van der Waals surface area (Å²) in [5.74, 6) is 0.211. The normalized spacial score (nSPS) is 17.8. The van der Waals surface area contributed by atoms with Gasteiger partial charge >= 0.3 is 0 Å². The molecular formula is C16H14ClNO. The second kappa shape index (κ2) is 5.14. The predicted molar refractivity (Wildman–Crippen MR) is 75.9 cm³/mol. The summed E-state index contributed by atoms with van der Waals surface area (Å²) < 4.78 is 0. The molecule has 0 spiro atoms. The van der Waals surface area contributed by atoms with Gasteiger partial charge in [0.05, 0.1) is 5.69 Å². The lowest BCUT2D eigenvalue weighted by Crippen LogP contribution is -2.14. The molecule has 2 nitrogen and oxygen atoms in total. The van der Waals surface area contributed by atoms with E-state index >= 15 is 0 Å². The molecule has 1 aromatic carbocycles. The lowest BCUT2D eigenvalue weighted by molar-refractivity contribution is 0.112. The van der Waals surface area contributed by atoms with E-state index in [9.17, 15) is 4.79 Å². The van der Waals surface area contributed by atoms with Crippen LogP contribution in [-0.2, 0) is 6.42 Å². The second-order valence-corrected chi connectivity index (χ2v) is 5.32. The third-order valence-corrected chi connectivity index (χ3v) is 3.98. The topological polar surface area (TPSA) is 30.0 Å².